The summed E-state index contributed by atoms with van der Waals surface area (Å²) in [6.07, 6.45) is 15.0. The topological polar surface area (TPSA) is 218 Å². The van der Waals surface area contributed by atoms with Gasteiger partial charge in [0.1, 0.15) is 22.8 Å². The molecule has 0 saturated carbocycles. The Morgan fingerprint density at radius 3 is 0.698 bits per heavy atom. The Hall–Kier alpha value is -9.84. The van der Waals surface area contributed by atoms with E-state index in [0.29, 0.717) is 21.4 Å². The Morgan fingerprint density at radius 2 is 0.523 bits per heavy atom. The zero-order valence-electron chi connectivity index (χ0n) is 45.7. The van der Waals surface area contributed by atoms with Gasteiger partial charge in [0, 0.05) is 82.9 Å². The molecule has 0 unspecified atom stereocenters. The van der Waals surface area contributed by atoms with Crippen LogP contribution in [0.3, 0.4) is 0 Å². The zero-order chi connectivity index (χ0) is 60.3. The van der Waals surface area contributed by atoms with Crippen LogP contribution < -0.4 is 21.4 Å². The molecular weight excluding hydrogens is 1220 g/mol. The number of hydrogen-bond acceptors (Lipinski definition) is 9. The third-order valence-corrected chi connectivity index (χ3v) is 11.6. The maximum atomic E-state index is 12.7. The van der Waals surface area contributed by atoms with E-state index in [4.69, 9.17) is 14.7 Å². The van der Waals surface area contributed by atoms with Crippen LogP contribution in [-0.2, 0) is 53.1 Å². The fraction of sp³-hybridized carbons (Fsp3) is 0.0909. The van der Waals surface area contributed by atoms with Gasteiger partial charge >= 0.3 is 27.0 Å². The number of aromatic nitrogens is 6. The second kappa shape index (κ2) is 39.6. The van der Waals surface area contributed by atoms with Crippen molar-refractivity contribution in [3.63, 3.8) is 0 Å². The summed E-state index contributed by atoms with van der Waals surface area (Å²) in [7, 11) is 5.57. The van der Waals surface area contributed by atoms with Crippen molar-refractivity contribution in [2.75, 3.05) is 7.11 Å². The quantitative estimate of drug-likeness (QED) is 0.0699. The number of rotatable bonds is 12. The minimum absolute atomic E-state index is 0. The summed E-state index contributed by atoms with van der Waals surface area (Å²) >= 11 is 1.82. The number of benzene rings is 4. The molecule has 0 aliphatic carbocycles. The van der Waals surface area contributed by atoms with Crippen molar-refractivity contribution in [3.8, 4) is 0 Å². The molecule has 86 heavy (non-hydrogen) atoms. The SMILES string of the molecule is C.CO.Cl.O=C(N=c1ccn(Cc2ccccc2)cc1)c1cccc(C(=O)N=c2ccn(Cc3ccccc3)cc2)n1.O=C(N=c1ccn(Cc2ccccc2)cc1)c1cccc(C(=O)N=c2ccn(Cc3ccccc3)cc2)n1.[CH-]=O.[CH-]=O.[Cl][Ru+2]. The standard InChI is InChI=1S/2C31H25N5O2.CH4O.2CHO.CH4.2ClH.Ru/c2*37-30(32-26-14-18-35(19-15-26)22-24-8-3-1-4-9-24)28-12-7-13-29(34-28)31(38)33-27-16-20-36(21-17-27)23-25-10-5-2-6-11-25;3*1-2;;;;/h2*1-21H,22-23H2;2H,1H3;2*1H;1H4;2*1H;/q;;;2*-1;;;;+3/p-1. The van der Waals surface area contributed by atoms with Crippen LogP contribution in [0.1, 0.15) is 71.6 Å². The molecular formula is C66H61Cl2N10O7Ru. The number of amides is 4. The van der Waals surface area contributed by atoms with Gasteiger partial charge in [-0.15, -0.1) is 12.4 Å². The van der Waals surface area contributed by atoms with Crippen molar-refractivity contribution in [2.45, 2.75) is 33.6 Å². The molecule has 0 aliphatic rings. The predicted molar refractivity (Wildman–Crippen MR) is 329 cm³/mol. The Kier molecular flexibility index (Phi) is 32.4. The summed E-state index contributed by atoms with van der Waals surface area (Å²) in [5, 5.41) is 9.04. The molecule has 0 aliphatic heterocycles. The number of hydrogen-bond donors (Lipinski definition) is 1. The molecule has 10 aromatic rings. The summed E-state index contributed by atoms with van der Waals surface area (Å²) in [6, 6.07) is 63.9. The number of nitrogens with zero attached hydrogens (tertiary/aromatic N) is 10. The molecule has 0 spiro atoms. The first kappa shape index (κ1) is 70.4. The summed E-state index contributed by atoms with van der Waals surface area (Å²) in [5.41, 5.74) is 5.04. The van der Waals surface area contributed by atoms with Crippen LogP contribution in [0.5, 0.6) is 0 Å². The van der Waals surface area contributed by atoms with Crippen LogP contribution in [0.4, 0.5) is 0 Å². The monoisotopic (exact) mass is 1280 g/mol. The molecule has 0 saturated heterocycles. The van der Waals surface area contributed by atoms with Crippen LogP contribution in [0, 0.1) is 0 Å². The molecule has 0 radical (unpaired) electrons. The van der Waals surface area contributed by atoms with Crippen molar-refractivity contribution < 1.29 is 51.2 Å². The van der Waals surface area contributed by atoms with Crippen LogP contribution in [0.2, 0.25) is 0 Å². The van der Waals surface area contributed by atoms with Crippen molar-refractivity contribution in [1.29, 1.82) is 0 Å². The molecule has 10 rings (SSSR count). The van der Waals surface area contributed by atoms with Gasteiger partial charge in [0.15, 0.2) is 0 Å². The molecule has 4 aromatic carbocycles. The van der Waals surface area contributed by atoms with Gasteiger partial charge in [0.2, 0.25) is 0 Å². The van der Waals surface area contributed by atoms with Crippen LogP contribution in [0.15, 0.2) is 276 Å². The molecule has 6 aromatic heterocycles. The number of pyridine rings is 6. The van der Waals surface area contributed by atoms with Gasteiger partial charge < -0.3 is 33.0 Å². The van der Waals surface area contributed by atoms with E-state index in [2.05, 4.69) is 102 Å². The summed E-state index contributed by atoms with van der Waals surface area (Å²) < 4.78 is 8.02. The third-order valence-electron chi connectivity index (χ3n) is 11.6. The van der Waals surface area contributed by atoms with Crippen molar-refractivity contribution >= 4 is 59.3 Å². The fourth-order valence-electron chi connectivity index (χ4n) is 7.74. The van der Waals surface area contributed by atoms with E-state index in [1.807, 2.05) is 158 Å². The Bertz CT molecular complexity index is 3410. The number of carbonyl (C=O) groups excluding carboxylic acids is 6. The van der Waals surface area contributed by atoms with Gasteiger partial charge in [-0.1, -0.05) is 141 Å². The number of halogens is 2. The van der Waals surface area contributed by atoms with E-state index in [-0.39, 0.29) is 42.6 Å². The Balaban J connectivity index is 0.000000395. The first-order chi connectivity index (χ1) is 41.2. The van der Waals surface area contributed by atoms with E-state index in [9.17, 15) is 19.2 Å². The molecule has 17 nitrogen and oxygen atoms in total. The predicted octanol–water partition coefficient (Wildman–Crippen LogP) is 9.33. The summed E-state index contributed by atoms with van der Waals surface area (Å²) in [4.78, 5) is 91.4. The van der Waals surface area contributed by atoms with E-state index in [1.54, 1.807) is 60.7 Å². The third kappa shape index (κ3) is 23.4. The molecule has 4 amide bonds. The molecule has 439 valence electrons. The van der Waals surface area contributed by atoms with Gasteiger partial charge in [0.05, 0.1) is 21.4 Å². The van der Waals surface area contributed by atoms with E-state index < -0.39 is 23.6 Å². The zero-order valence-corrected chi connectivity index (χ0v) is 49.1. The summed E-state index contributed by atoms with van der Waals surface area (Å²) in [5.74, 6) is -2.10. The van der Waals surface area contributed by atoms with Gasteiger partial charge in [-0.2, -0.15) is 0 Å². The summed E-state index contributed by atoms with van der Waals surface area (Å²) in [6.45, 7) is 9.38. The first-order valence-corrected chi connectivity index (χ1v) is 27.6. The van der Waals surface area contributed by atoms with E-state index >= 15 is 0 Å². The number of aliphatic hydroxyl groups excluding tert-OH is 1. The van der Waals surface area contributed by atoms with Gasteiger partial charge in [0.25, 0.3) is 23.6 Å². The van der Waals surface area contributed by atoms with E-state index in [0.717, 1.165) is 33.3 Å². The van der Waals surface area contributed by atoms with Crippen molar-refractivity contribution in [1.82, 2.24) is 28.2 Å². The van der Waals surface area contributed by atoms with Gasteiger partial charge in [-0.3, -0.25) is 32.8 Å². The second-order valence-electron chi connectivity index (χ2n) is 17.3. The fourth-order valence-corrected chi connectivity index (χ4v) is 7.74. The maximum absolute atomic E-state index is 12.7. The van der Waals surface area contributed by atoms with Crippen molar-refractivity contribution in [3.05, 3.63) is 322 Å². The minimum atomic E-state index is -0.526. The normalized spacial score (nSPS) is 9.52. The molecule has 1 N–H and O–H groups in total. The Labute approximate surface area is 518 Å². The average Bonchev–Trinajstić information content (AvgIpc) is 3.33. The Morgan fingerprint density at radius 1 is 0.349 bits per heavy atom. The molecule has 0 atom stereocenters. The average molecular weight is 1280 g/mol. The van der Waals surface area contributed by atoms with Crippen LogP contribution in [0.25, 0.3) is 0 Å². The van der Waals surface area contributed by atoms with Gasteiger partial charge in [-0.25, -0.2) is 29.9 Å². The number of carbonyl (C=O) groups is 4. The second-order valence-corrected chi connectivity index (χ2v) is 17.3. The van der Waals surface area contributed by atoms with E-state index in [1.165, 1.54) is 46.5 Å². The van der Waals surface area contributed by atoms with Crippen molar-refractivity contribution in [2.24, 2.45) is 20.0 Å². The van der Waals surface area contributed by atoms with Crippen LogP contribution >= 0.6 is 22.1 Å². The van der Waals surface area contributed by atoms with Gasteiger partial charge in [-0.05, 0) is 95.1 Å². The first-order valence-electron chi connectivity index (χ1n) is 25.4. The van der Waals surface area contributed by atoms with Crippen LogP contribution in [-0.4, -0.2) is 77.7 Å². The number of aliphatic hydroxyl groups is 1. The molecule has 6 heterocycles. The molecule has 0 fully saturated rings. The molecule has 20 heteroatoms. The molecule has 0 bridgehead atoms.